The molecule has 1 aliphatic rings. The van der Waals surface area contributed by atoms with Crippen LogP contribution in [-0.4, -0.2) is 19.6 Å². The quantitative estimate of drug-likeness (QED) is 0.0980. The van der Waals surface area contributed by atoms with Gasteiger partial charge in [-0.1, -0.05) is 239 Å². The van der Waals surface area contributed by atoms with Crippen LogP contribution in [0.5, 0.6) is 5.75 Å². The maximum atomic E-state index is 11.9. The van der Waals surface area contributed by atoms with E-state index >= 15 is 0 Å². The van der Waals surface area contributed by atoms with Crippen molar-refractivity contribution in [2.24, 2.45) is 5.92 Å². The molecule has 2 heterocycles. The summed E-state index contributed by atoms with van der Waals surface area (Å²) in [7, 11) is 0. The first kappa shape index (κ1) is 51.2. The van der Waals surface area contributed by atoms with Crippen LogP contribution in [0.15, 0.2) is 231 Å². The minimum absolute atomic E-state index is 0. The van der Waals surface area contributed by atoms with E-state index in [0.29, 0.717) is 17.3 Å². The van der Waals surface area contributed by atoms with Gasteiger partial charge in [-0.15, -0.1) is 23.8 Å². The molecular formula is C72H62N3OPt-. The molecule has 1 N–H and O–H groups in total. The van der Waals surface area contributed by atoms with Crippen molar-refractivity contribution in [3.05, 3.63) is 265 Å². The van der Waals surface area contributed by atoms with E-state index in [1.54, 1.807) is 0 Å². The summed E-state index contributed by atoms with van der Waals surface area (Å²) in [5.41, 5.74) is 19.3. The van der Waals surface area contributed by atoms with E-state index in [4.69, 9.17) is 9.97 Å². The Labute approximate surface area is 468 Å². The molecule has 0 aliphatic heterocycles. The number of phenolic OH excluding ortho intramolecular Hbond substituents is 1. The van der Waals surface area contributed by atoms with Crippen LogP contribution in [0.3, 0.4) is 0 Å². The molecule has 0 saturated heterocycles. The van der Waals surface area contributed by atoms with Gasteiger partial charge in [0.1, 0.15) is 11.6 Å². The molecule has 1 saturated carbocycles. The first-order chi connectivity index (χ1) is 37.1. The van der Waals surface area contributed by atoms with Crippen molar-refractivity contribution in [3.8, 4) is 78.6 Å². The second kappa shape index (κ2) is 21.6. The summed E-state index contributed by atoms with van der Waals surface area (Å²) < 4.78 is 2.28. The number of hydrogen-bond acceptors (Lipinski definition) is 3. The number of hydrogen-bond donors (Lipinski definition) is 1. The Hall–Kier alpha value is -7.91. The van der Waals surface area contributed by atoms with Gasteiger partial charge in [0.15, 0.2) is 0 Å². The maximum absolute atomic E-state index is 11.9. The van der Waals surface area contributed by atoms with E-state index in [9.17, 15) is 5.11 Å². The predicted octanol–water partition coefficient (Wildman–Crippen LogP) is 18.3. The Kier molecular flexibility index (Phi) is 14.4. The van der Waals surface area contributed by atoms with Crippen LogP contribution in [-0.2, 0) is 38.3 Å². The number of fused-ring (bicyclic) bond motifs is 1. The fourth-order valence-electron chi connectivity index (χ4n) is 11.7. The van der Waals surface area contributed by atoms with E-state index in [1.807, 2.05) is 18.3 Å². The van der Waals surface area contributed by atoms with Crippen LogP contribution in [0.25, 0.3) is 83.9 Å². The second-order valence-electron chi connectivity index (χ2n) is 21.9. The number of aromatic nitrogens is 3. The SMILES string of the molecule is CC(C)(C)c1ccc(O)c(-c2nc3c(-c4[c-]c(-c5cc(-c6ccc(C(C)(c7ccccc7)c7ccccc7)cc6)ccn5)cc(-c5ccccc5)c4)cccc3n2-c2ccc(CC3CCCC3)cc2-c2ccccc2)c1.[Pt]. The molecule has 0 atom stereocenters. The number of para-hydroxylation sites is 1. The third-order valence-corrected chi connectivity index (χ3v) is 16.0. The van der Waals surface area contributed by atoms with Crippen molar-refractivity contribution in [1.82, 2.24) is 14.5 Å². The largest absolute Gasteiger partial charge is 0.507 e. The Bertz CT molecular complexity index is 3800. The summed E-state index contributed by atoms with van der Waals surface area (Å²) in [4.78, 5) is 10.7. The molecule has 5 heteroatoms. The van der Waals surface area contributed by atoms with Gasteiger partial charge in [0, 0.05) is 43.9 Å². The Morgan fingerprint density at radius 1 is 0.506 bits per heavy atom. The zero-order valence-electron chi connectivity index (χ0n) is 44.2. The van der Waals surface area contributed by atoms with Gasteiger partial charge in [0.05, 0.1) is 22.3 Å². The maximum Gasteiger partial charge on any atom is 0.148 e. The van der Waals surface area contributed by atoms with Gasteiger partial charge in [-0.2, -0.15) is 0 Å². The van der Waals surface area contributed by atoms with Crippen LogP contribution in [0.4, 0.5) is 0 Å². The second-order valence-corrected chi connectivity index (χ2v) is 21.9. The number of nitrogens with zero attached hydrogens (tertiary/aromatic N) is 3. The zero-order chi connectivity index (χ0) is 51.8. The number of imidazole rings is 1. The molecule has 2 aromatic heterocycles. The Morgan fingerprint density at radius 2 is 1.10 bits per heavy atom. The molecule has 0 unspecified atom stereocenters. The average Bonchev–Trinajstić information content (AvgIpc) is 4.21. The Balaban J connectivity index is 0.00000631. The van der Waals surface area contributed by atoms with Crippen molar-refractivity contribution in [3.63, 3.8) is 0 Å². The summed E-state index contributed by atoms with van der Waals surface area (Å²) in [5.74, 6) is 1.57. The minimum Gasteiger partial charge on any atom is -0.507 e. The van der Waals surface area contributed by atoms with Crippen LogP contribution in [0.2, 0.25) is 0 Å². The van der Waals surface area contributed by atoms with Gasteiger partial charge >= 0.3 is 0 Å². The fraction of sp³-hybridized carbons (Fsp3) is 0.167. The van der Waals surface area contributed by atoms with Gasteiger partial charge in [0.25, 0.3) is 0 Å². The third-order valence-electron chi connectivity index (χ3n) is 16.0. The van der Waals surface area contributed by atoms with Crippen molar-refractivity contribution in [2.45, 2.75) is 70.6 Å². The van der Waals surface area contributed by atoms with Crippen LogP contribution in [0, 0.1) is 12.0 Å². The van der Waals surface area contributed by atoms with Gasteiger partial charge in [-0.05, 0) is 111 Å². The monoisotopic (exact) mass is 1180 g/mol. The van der Waals surface area contributed by atoms with E-state index in [2.05, 4.69) is 251 Å². The summed E-state index contributed by atoms with van der Waals surface area (Å²) in [6, 6.07) is 83.9. The molecule has 1 aliphatic carbocycles. The molecule has 1 fully saturated rings. The van der Waals surface area contributed by atoms with E-state index in [1.165, 1.54) is 47.9 Å². The molecule has 0 amide bonds. The van der Waals surface area contributed by atoms with E-state index < -0.39 is 0 Å². The van der Waals surface area contributed by atoms with Gasteiger partial charge < -0.3 is 5.11 Å². The van der Waals surface area contributed by atoms with Crippen molar-refractivity contribution in [1.29, 1.82) is 0 Å². The summed E-state index contributed by atoms with van der Waals surface area (Å²) in [6.45, 7) is 8.95. The van der Waals surface area contributed by atoms with Gasteiger partial charge in [-0.25, -0.2) is 4.98 Å². The van der Waals surface area contributed by atoms with Crippen molar-refractivity contribution >= 4 is 11.0 Å². The molecular weight excluding hydrogens is 1120 g/mol. The van der Waals surface area contributed by atoms with Crippen molar-refractivity contribution < 1.29 is 26.2 Å². The first-order valence-electron chi connectivity index (χ1n) is 26.9. The smallest absolute Gasteiger partial charge is 0.148 e. The number of aromatic hydroxyl groups is 1. The molecule has 4 nitrogen and oxygen atoms in total. The number of phenols is 1. The third kappa shape index (κ3) is 10.2. The van der Waals surface area contributed by atoms with Crippen molar-refractivity contribution in [2.75, 3.05) is 0 Å². The first-order valence-corrected chi connectivity index (χ1v) is 26.9. The molecule has 0 radical (unpaired) electrons. The molecule has 11 aromatic rings. The Morgan fingerprint density at radius 3 is 1.77 bits per heavy atom. The standard InChI is InChI=1S/C72H62N3O.Pt/c1-71(2,3)61-37-39-68(76)64(48-61)70-74-69-62(30-19-31-67(69)75(70)66-38-32-50(42-49-20-17-18-21-49)43-63(66)53-24-11-6-12-25-53)56-44-55(51-22-9-5-10-23-51)45-57(46-56)65-47-54(40-41-73-65)52-33-35-60(36-34-52)72(4,58-26-13-7-14-27-58)59-28-15-8-16-29-59;/h5-16,19,22-41,43-45,47-49,76H,17-18,20-21,42H2,1-4H3;/q-1;. The summed E-state index contributed by atoms with van der Waals surface area (Å²) in [6.07, 6.45) is 8.18. The van der Waals surface area contributed by atoms with Crippen LogP contribution in [0.1, 0.15) is 81.2 Å². The topological polar surface area (TPSA) is 50.9 Å². The number of pyridine rings is 1. The van der Waals surface area contributed by atoms with E-state index in [0.717, 1.165) is 84.5 Å². The van der Waals surface area contributed by atoms with E-state index in [-0.39, 0.29) is 37.6 Å². The number of benzene rings is 9. The summed E-state index contributed by atoms with van der Waals surface area (Å²) in [5, 5.41) is 11.9. The van der Waals surface area contributed by atoms with Gasteiger partial charge in [-0.3, -0.25) is 9.55 Å². The predicted molar refractivity (Wildman–Crippen MR) is 315 cm³/mol. The number of rotatable bonds is 12. The molecule has 9 aromatic carbocycles. The molecule has 382 valence electrons. The zero-order valence-corrected chi connectivity index (χ0v) is 46.4. The minimum atomic E-state index is -0.340. The molecule has 77 heavy (non-hydrogen) atoms. The summed E-state index contributed by atoms with van der Waals surface area (Å²) >= 11 is 0. The van der Waals surface area contributed by atoms with Crippen LogP contribution < -0.4 is 0 Å². The van der Waals surface area contributed by atoms with Crippen LogP contribution >= 0.6 is 0 Å². The molecule has 0 bridgehead atoms. The molecule has 0 spiro atoms. The normalized spacial score (nSPS) is 12.9. The molecule has 12 rings (SSSR count). The van der Waals surface area contributed by atoms with Gasteiger partial charge in [0.2, 0.25) is 0 Å². The fourth-order valence-corrected chi connectivity index (χ4v) is 11.7. The average molecular weight is 1180 g/mol.